The maximum absolute atomic E-state index is 6.62. The third-order valence-electron chi connectivity index (χ3n) is 4.79. The van der Waals surface area contributed by atoms with Crippen LogP contribution in [0.3, 0.4) is 0 Å². The van der Waals surface area contributed by atoms with Gasteiger partial charge in [0.2, 0.25) is 8.32 Å². The van der Waals surface area contributed by atoms with E-state index in [-0.39, 0.29) is 5.04 Å². The Bertz CT molecular complexity index is 521. The second kappa shape index (κ2) is 9.88. The summed E-state index contributed by atoms with van der Waals surface area (Å²) in [5, 5.41) is 0.214. The summed E-state index contributed by atoms with van der Waals surface area (Å²) in [5.74, 6) is 1.08. The van der Waals surface area contributed by atoms with Crippen molar-refractivity contribution in [2.24, 2.45) is 0 Å². The van der Waals surface area contributed by atoms with Crippen LogP contribution in [0.4, 0.5) is 0 Å². The molecule has 0 bridgehead atoms. The molecule has 0 aliphatic rings. The first-order valence-corrected chi connectivity index (χ1v) is 12.3. The zero-order valence-electron chi connectivity index (χ0n) is 16.6. The van der Waals surface area contributed by atoms with Crippen LogP contribution >= 0.6 is 0 Å². The van der Waals surface area contributed by atoms with Gasteiger partial charge in [-0.15, -0.1) is 0 Å². The smallest absolute Gasteiger partial charge is 0.250 e. The predicted molar refractivity (Wildman–Crippen MR) is 111 cm³/mol. The lowest BCUT2D eigenvalue weighted by molar-refractivity contribution is 0.456. The monoisotopic (exact) mass is 344 g/mol. The van der Waals surface area contributed by atoms with Crippen LogP contribution in [0.15, 0.2) is 48.6 Å². The van der Waals surface area contributed by atoms with Gasteiger partial charge in [-0.3, -0.25) is 0 Å². The number of hydrogen-bond donors (Lipinski definition) is 0. The van der Waals surface area contributed by atoms with Gasteiger partial charge in [-0.1, -0.05) is 70.2 Å². The zero-order chi connectivity index (χ0) is 18.1. The van der Waals surface area contributed by atoms with Crippen molar-refractivity contribution in [2.45, 2.75) is 77.9 Å². The molecule has 0 unspecified atom stereocenters. The summed E-state index contributed by atoms with van der Waals surface area (Å²) in [6.45, 7) is 13.7. The van der Waals surface area contributed by atoms with E-state index in [4.69, 9.17) is 4.43 Å². The number of unbranched alkanes of at least 4 members (excludes halogenated alkanes) is 3. The molecular formula is C22H36OSi. The van der Waals surface area contributed by atoms with E-state index in [0.717, 1.165) is 18.6 Å². The van der Waals surface area contributed by atoms with Gasteiger partial charge >= 0.3 is 0 Å². The first kappa shape index (κ1) is 20.8. The maximum atomic E-state index is 6.62. The summed E-state index contributed by atoms with van der Waals surface area (Å²) < 4.78 is 6.62. The fourth-order valence-corrected chi connectivity index (χ4v) is 3.23. The second-order valence-corrected chi connectivity index (χ2v) is 12.7. The predicted octanol–water partition coefficient (Wildman–Crippen LogP) is 7.58. The third-order valence-corrected chi connectivity index (χ3v) is 9.13. The van der Waals surface area contributed by atoms with Crippen LogP contribution in [0.2, 0.25) is 18.1 Å². The first-order valence-electron chi connectivity index (χ1n) is 9.37. The topological polar surface area (TPSA) is 9.23 Å². The molecule has 1 aromatic carbocycles. The van der Waals surface area contributed by atoms with E-state index in [1.165, 1.54) is 24.8 Å². The van der Waals surface area contributed by atoms with Gasteiger partial charge in [-0.25, -0.2) is 0 Å². The number of rotatable bonds is 9. The Balaban J connectivity index is 2.76. The number of hydrogen-bond acceptors (Lipinski definition) is 1. The second-order valence-electron chi connectivity index (χ2n) is 7.96. The Kier molecular flexibility index (Phi) is 8.55. The van der Waals surface area contributed by atoms with Gasteiger partial charge in [0.1, 0.15) is 5.76 Å². The summed E-state index contributed by atoms with van der Waals surface area (Å²) >= 11 is 0. The van der Waals surface area contributed by atoms with Crippen LogP contribution in [0.5, 0.6) is 0 Å². The molecule has 1 nitrogen and oxygen atoms in total. The summed E-state index contributed by atoms with van der Waals surface area (Å²) in [6.07, 6.45) is 12.7. The molecule has 0 N–H and O–H groups in total. The highest BCUT2D eigenvalue weighted by Crippen LogP contribution is 2.39. The Morgan fingerprint density at radius 3 is 2.21 bits per heavy atom. The van der Waals surface area contributed by atoms with Crippen molar-refractivity contribution in [3.8, 4) is 0 Å². The molecule has 0 saturated carbocycles. The molecule has 0 radical (unpaired) electrons. The highest BCUT2D eigenvalue weighted by molar-refractivity contribution is 6.74. The minimum absolute atomic E-state index is 0.214. The SMILES string of the molecule is CC/C=C\CCCC/C=C(\O[Si](C)(C)C(C)(C)C)c1ccccc1. The minimum atomic E-state index is -1.82. The third kappa shape index (κ3) is 7.08. The molecule has 0 aliphatic carbocycles. The quantitative estimate of drug-likeness (QED) is 0.194. The minimum Gasteiger partial charge on any atom is -0.543 e. The van der Waals surface area contributed by atoms with Gasteiger partial charge in [0, 0.05) is 5.56 Å². The van der Waals surface area contributed by atoms with E-state index >= 15 is 0 Å². The van der Waals surface area contributed by atoms with E-state index in [9.17, 15) is 0 Å². The van der Waals surface area contributed by atoms with Crippen LogP contribution in [-0.2, 0) is 4.43 Å². The van der Waals surface area contributed by atoms with E-state index < -0.39 is 8.32 Å². The molecule has 0 saturated heterocycles. The Hall–Kier alpha value is -1.28. The highest BCUT2D eigenvalue weighted by atomic mass is 28.4. The van der Waals surface area contributed by atoms with Crippen molar-refractivity contribution < 1.29 is 4.43 Å². The zero-order valence-corrected chi connectivity index (χ0v) is 17.6. The van der Waals surface area contributed by atoms with Gasteiger partial charge < -0.3 is 4.43 Å². The number of allylic oxidation sites excluding steroid dienone is 3. The number of benzene rings is 1. The molecule has 2 heteroatoms. The van der Waals surface area contributed by atoms with Crippen LogP contribution in [-0.4, -0.2) is 8.32 Å². The van der Waals surface area contributed by atoms with E-state index in [1.807, 2.05) is 0 Å². The standard InChI is InChI=1S/C22H36OSi/c1-7-8-9-10-11-12-16-19-21(20-17-14-13-15-18-20)23-24(5,6)22(2,3)4/h8-9,13-15,17-19H,7,10-12,16H2,1-6H3/b9-8-,21-19-. The molecule has 1 rings (SSSR count). The van der Waals surface area contributed by atoms with Crippen LogP contribution < -0.4 is 0 Å². The molecule has 0 aromatic heterocycles. The fourth-order valence-electron chi connectivity index (χ4n) is 2.17. The molecule has 0 amide bonds. The molecule has 1 aromatic rings. The summed E-state index contributed by atoms with van der Waals surface area (Å²) in [7, 11) is -1.82. The van der Waals surface area contributed by atoms with Crippen molar-refractivity contribution in [2.75, 3.05) is 0 Å². The van der Waals surface area contributed by atoms with Crippen LogP contribution in [0.1, 0.15) is 65.4 Å². The lowest BCUT2D eigenvalue weighted by Gasteiger charge is -2.37. The van der Waals surface area contributed by atoms with E-state index in [0.29, 0.717) is 0 Å². The van der Waals surface area contributed by atoms with Gasteiger partial charge in [0.05, 0.1) is 0 Å². The van der Waals surface area contributed by atoms with Gasteiger partial charge in [0.25, 0.3) is 0 Å². The average molecular weight is 345 g/mol. The average Bonchev–Trinajstić information content (AvgIpc) is 2.52. The molecule has 134 valence electrons. The van der Waals surface area contributed by atoms with Gasteiger partial charge in [-0.05, 0) is 56.3 Å². The van der Waals surface area contributed by atoms with Crippen molar-refractivity contribution in [1.29, 1.82) is 0 Å². The fraction of sp³-hybridized carbons (Fsp3) is 0.545. The maximum Gasteiger partial charge on any atom is 0.250 e. The largest absolute Gasteiger partial charge is 0.543 e. The van der Waals surface area contributed by atoms with Crippen LogP contribution in [0.25, 0.3) is 5.76 Å². The van der Waals surface area contributed by atoms with Crippen molar-refractivity contribution >= 4 is 14.1 Å². The van der Waals surface area contributed by atoms with Crippen molar-refractivity contribution in [3.63, 3.8) is 0 Å². The molecule has 0 fully saturated rings. The van der Waals surface area contributed by atoms with Crippen molar-refractivity contribution in [1.82, 2.24) is 0 Å². The lowest BCUT2D eigenvalue weighted by Crippen LogP contribution is -2.40. The van der Waals surface area contributed by atoms with E-state index in [2.05, 4.69) is 89.3 Å². The normalized spacial score (nSPS) is 13.5. The van der Waals surface area contributed by atoms with Gasteiger partial charge in [0.15, 0.2) is 0 Å². The molecule has 0 heterocycles. The summed E-state index contributed by atoms with van der Waals surface area (Å²) in [6, 6.07) is 10.6. The molecular weight excluding hydrogens is 308 g/mol. The van der Waals surface area contributed by atoms with Crippen molar-refractivity contribution in [3.05, 3.63) is 54.1 Å². The van der Waals surface area contributed by atoms with Crippen LogP contribution in [0, 0.1) is 0 Å². The Labute approximate surface area is 151 Å². The molecule has 24 heavy (non-hydrogen) atoms. The van der Waals surface area contributed by atoms with Gasteiger partial charge in [-0.2, -0.15) is 0 Å². The lowest BCUT2D eigenvalue weighted by atomic mass is 10.1. The molecule has 0 atom stereocenters. The van der Waals surface area contributed by atoms with E-state index in [1.54, 1.807) is 0 Å². The first-order chi connectivity index (χ1) is 11.3. The Morgan fingerprint density at radius 2 is 1.62 bits per heavy atom. The molecule has 0 aliphatic heterocycles. The Morgan fingerprint density at radius 1 is 1.00 bits per heavy atom. The highest BCUT2D eigenvalue weighted by Gasteiger charge is 2.39. The molecule has 0 spiro atoms. The summed E-state index contributed by atoms with van der Waals surface area (Å²) in [4.78, 5) is 0. The summed E-state index contributed by atoms with van der Waals surface area (Å²) in [5.41, 5.74) is 1.20.